The second kappa shape index (κ2) is 7.40. The molecule has 5 nitrogen and oxygen atoms in total. The third-order valence-electron chi connectivity index (χ3n) is 4.68. The lowest BCUT2D eigenvalue weighted by Gasteiger charge is -2.15. The van der Waals surface area contributed by atoms with Crippen molar-refractivity contribution in [2.75, 3.05) is 0 Å². The molecule has 6 heteroatoms. The number of H-pyrrole nitrogens is 1. The zero-order valence-corrected chi connectivity index (χ0v) is 16.0. The Kier molecular flexibility index (Phi) is 4.81. The number of benzene rings is 2. The lowest BCUT2D eigenvalue weighted by molar-refractivity contribution is 0.0991. The first-order valence-electron chi connectivity index (χ1n) is 8.87. The van der Waals surface area contributed by atoms with E-state index in [0.717, 1.165) is 22.9 Å². The maximum Gasteiger partial charge on any atom is 0.191 e. The molecule has 0 radical (unpaired) electrons. The number of hydrogen-bond donors (Lipinski definition) is 1. The summed E-state index contributed by atoms with van der Waals surface area (Å²) < 4.78 is 1.83. The first-order chi connectivity index (χ1) is 13.2. The van der Waals surface area contributed by atoms with Gasteiger partial charge in [0.2, 0.25) is 0 Å². The van der Waals surface area contributed by atoms with Crippen molar-refractivity contribution in [1.82, 2.24) is 19.7 Å². The summed E-state index contributed by atoms with van der Waals surface area (Å²) in [6.45, 7) is 2.12. The van der Waals surface area contributed by atoms with Crippen molar-refractivity contribution in [2.45, 2.75) is 23.8 Å². The molecule has 0 saturated carbocycles. The fraction of sp³-hybridized carbons (Fsp3) is 0.190. The number of para-hydroxylation sites is 1. The highest BCUT2D eigenvalue weighted by Crippen LogP contribution is 2.38. The van der Waals surface area contributed by atoms with Crippen LogP contribution in [-0.4, -0.2) is 25.5 Å². The number of aromatic nitrogens is 4. The van der Waals surface area contributed by atoms with Gasteiger partial charge in [-0.15, -0.1) is 10.2 Å². The van der Waals surface area contributed by atoms with E-state index in [9.17, 15) is 4.79 Å². The Labute approximate surface area is 161 Å². The van der Waals surface area contributed by atoms with Gasteiger partial charge in [-0.25, -0.2) is 0 Å². The molecule has 1 N–H and O–H groups in total. The number of ketones is 1. The molecule has 0 aliphatic heterocycles. The lowest BCUT2D eigenvalue weighted by atomic mass is 10.0. The zero-order valence-electron chi connectivity index (χ0n) is 15.2. The number of carbonyl (C=O) groups excluding carboxylic acids is 1. The lowest BCUT2D eigenvalue weighted by Crippen LogP contribution is -2.10. The average molecular weight is 376 g/mol. The van der Waals surface area contributed by atoms with Gasteiger partial charge in [0.05, 0.1) is 0 Å². The molecule has 136 valence electrons. The standard InChI is InChI=1S/C21H20N4OS/c1-3-14-10-7-11-16-17(12-22-18(14)16)19(26)20(15-8-5-4-6-9-15)27-21-24-23-13-25(21)2/h4-13,20,22H,3H2,1-2H3. The van der Waals surface area contributed by atoms with E-state index in [2.05, 4.69) is 28.2 Å². The predicted molar refractivity (Wildman–Crippen MR) is 108 cm³/mol. The van der Waals surface area contributed by atoms with Crippen LogP contribution in [0.2, 0.25) is 0 Å². The van der Waals surface area contributed by atoms with E-state index in [1.54, 1.807) is 6.33 Å². The summed E-state index contributed by atoms with van der Waals surface area (Å²) in [6.07, 6.45) is 4.40. The second-order valence-electron chi connectivity index (χ2n) is 6.39. The normalized spacial score (nSPS) is 12.4. The van der Waals surface area contributed by atoms with E-state index < -0.39 is 5.25 Å². The molecule has 0 fully saturated rings. The van der Waals surface area contributed by atoms with Crippen molar-refractivity contribution in [3.05, 3.63) is 77.7 Å². The van der Waals surface area contributed by atoms with Crippen molar-refractivity contribution in [3.8, 4) is 0 Å². The van der Waals surface area contributed by atoms with E-state index in [1.165, 1.54) is 17.3 Å². The monoisotopic (exact) mass is 376 g/mol. The van der Waals surface area contributed by atoms with E-state index in [4.69, 9.17) is 0 Å². The molecule has 27 heavy (non-hydrogen) atoms. The van der Waals surface area contributed by atoms with Gasteiger partial charge >= 0.3 is 0 Å². The molecular formula is C21H20N4OS. The van der Waals surface area contributed by atoms with Gasteiger partial charge < -0.3 is 9.55 Å². The van der Waals surface area contributed by atoms with Gasteiger partial charge in [0.25, 0.3) is 0 Å². The molecule has 2 heterocycles. The summed E-state index contributed by atoms with van der Waals surface area (Å²) in [6, 6.07) is 15.9. The molecule has 0 saturated heterocycles. The summed E-state index contributed by atoms with van der Waals surface area (Å²) in [4.78, 5) is 16.9. The maximum absolute atomic E-state index is 13.6. The number of nitrogens with one attached hydrogen (secondary N) is 1. The minimum atomic E-state index is -0.390. The molecule has 2 aromatic carbocycles. The summed E-state index contributed by atoms with van der Waals surface area (Å²) >= 11 is 1.43. The summed E-state index contributed by atoms with van der Waals surface area (Å²) in [5, 5.41) is 9.38. The van der Waals surface area contributed by atoms with Gasteiger partial charge in [-0.3, -0.25) is 4.79 Å². The maximum atomic E-state index is 13.6. The highest BCUT2D eigenvalue weighted by molar-refractivity contribution is 8.00. The number of fused-ring (bicyclic) bond motifs is 1. The molecule has 0 bridgehead atoms. The summed E-state index contributed by atoms with van der Waals surface area (Å²) in [5.74, 6) is 0.0636. The van der Waals surface area contributed by atoms with E-state index in [-0.39, 0.29) is 5.78 Å². The number of thioether (sulfide) groups is 1. The van der Waals surface area contributed by atoms with Crippen LogP contribution in [0.1, 0.15) is 33.7 Å². The number of nitrogens with zero attached hydrogens (tertiary/aromatic N) is 3. The van der Waals surface area contributed by atoms with Crippen molar-refractivity contribution in [1.29, 1.82) is 0 Å². The Balaban J connectivity index is 1.78. The first kappa shape index (κ1) is 17.5. The number of rotatable bonds is 6. The number of carbonyl (C=O) groups is 1. The summed E-state index contributed by atoms with van der Waals surface area (Å²) in [5.41, 5.74) is 3.92. The molecule has 4 aromatic rings. The SMILES string of the molecule is CCc1cccc2c(C(=O)C(Sc3nncn3C)c3ccccc3)c[nH]c12. The molecule has 0 spiro atoms. The average Bonchev–Trinajstić information content (AvgIpc) is 3.32. The molecule has 0 aliphatic rings. The molecule has 0 aliphatic carbocycles. The van der Waals surface area contributed by atoms with Gasteiger partial charge in [-0.1, -0.05) is 67.2 Å². The van der Waals surface area contributed by atoms with Crippen LogP contribution in [0, 0.1) is 0 Å². The molecule has 4 rings (SSSR count). The predicted octanol–water partition coefficient (Wildman–Crippen LogP) is 4.58. The largest absolute Gasteiger partial charge is 0.360 e. The van der Waals surface area contributed by atoms with Crippen LogP contribution < -0.4 is 0 Å². The number of aryl methyl sites for hydroxylation is 2. The van der Waals surface area contributed by atoms with E-state index in [0.29, 0.717) is 10.7 Å². The van der Waals surface area contributed by atoms with Gasteiger partial charge in [0.15, 0.2) is 10.9 Å². The molecular weight excluding hydrogens is 356 g/mol. The van der Waals surface area contributed by atoms with Gasteiger partial charge in [0, 0.05) is 29.7 Å². The fourth-order valence-electron chi connectivity index (χ4n) is 3.24. The second-order valence-corrected chi connectivity index (χ2v) is 7.47. The van der Waals surface area contributed by atoms with Crippen LogP contribution in [-0.2, 0) is 13.5 Å². The molecule has 0 amide bonds. The third-order valence-corrected chi connectivity index (χ3v) is 5.98. The van der Waals surface area contributed by atoms with Crippen molar-refractivity contribution < 1.29 is 4.79 Å². The van der Waals surface area contributed by atoms with Crippen LogP contribution in [0.4, 0.5) is 0 Å². The fourth-order valence-corrected chi connectivity index (χ4v) is 4.29. The number of Topliss-reactive ketones (excluding diaryl/α,β-unsaturated/α-hetero) is 1. The topological polar surface area (TPSA) is 63.6 Å². The van der Waals surface area contributed by atoms with Crippen LogP contribution in [0.25, 0.3) is 10.9 Å². The molecule has 1 unspecified atom stereocenters. The Morgan fingerprint density at radius 2 is 2.00 bits per heavy atom. The van der Waals surface area contributed by atoms with Crippen molar-refractivity contribution >= 4 is 28.4 Å². The van der Waals surface area contributed by atoms with Gasteiger partial charge in [0.1, 0.15) is 11.6 Å². The first-order valence-corrected chi connectivity index (χ1v) is 9.75. The Bertz CT molecular complexity index is 1080. The zero-order chi connectivity index (χ0) is 18.8. The highest BCUT2D eigenvalue weighted by Gasteiger charge is 2.27. The Morgan fingerprint density at radius 3 is 2.70 bits per heavy atom. The van der Waals surface area contributed by atoms with Crippen LogP contribution in [0.3, 0.4) is 0 Å². The van der Waals surface area contributed by atoms with Crippen LogP contribution in [0.5, 0.6) is 0 Å². The number of hydrogen-bond acceptors (Lipinski definition) is 4. The number of aromatic amines is 1. The van der Waals surface area contributed by atoms with Crippen molar-refractivity contribution in [2.24, 2.45) is 7.05 Å². The minimum Gasteiger partial charge on any atom is -0.360 e. The Morgan fingerprint density at radius 1 is 1.19 bits per heavy atom. The minimum absolute atomic E-state index is 0.0636. The van der Waals surface area contributed by atoms with Crippen LogP contribution >= 0.6 is 11.8 Å². The van der Waals surface area contributed by atoms with Crippen LogP contribution in [0.15, 0.2) is 66.2 Å². The van der Waals surface area contributed by atoms with E-state index in [1.807, 2.05) is 60.3 Å². The van der Waals surface area contributed by atoms with E-state index >= 15 is 0 Å². The quantitative estimate of drug-likeness (QED) is 0.395. The van der Waals surface area contributed by atoms with Crippen molar-refractivity contribution in [3.63, 3.8) is 0 Å². The Hall–Kier alpha value is -2.86. The molecule has 1 atom stereocenters. The molecule has 2 aromatic heterocycles. The highest BCUT2D eigenvalue weighted by atomic mass is 32.2. The third kappa shape index (κ3) is 3.28. The summed E-state index contributed by atoms with van der Waals surface area (Å²) in [7, 11) is 1.88. The van der Waals surface area contributed by atoms with Gasteiger partial charge in [-0.05, 0) is 17.5 Å². The van der Waals surface area contributed by atoms with Gasteiger partial charge in [-0.2, -0.15) is 0 Å². The smallest absolute Gasteiger partial charge is 0.191 e.